The average Bonchev–Trinajstić information content (AvgIpc) is 2.48. The van der Waals surface area contributed by atoms with Crippen LogP contribution >= 0.6 is 0 Å². The van der Waals surface area contributed by atoms with E-state index in [1.54, 1.807) is 6.20 Å². The number of rotatable bonds is 3. The van der Waals surface area contributed by atoms with Gasteiger partial charge in [0.25, 0.3) is 0 Å². The maximum Gasteiger partial charge on any atom is 0.332 e. The van der Waals surface area contributed by atoms with Crippen LogP contribution in [-0.2, 0) is 9.53 Å². The van der Waals surface area contributed by atoms with Crippen molar-refractivity contribution in [2.75, 3.05) is 12.5 Å². The molecule has 1 aromatic heterocycles. The molecule has 0 aromatic carbocycles. The molecule has 0 fully saturated rings. The highest BCUT2D eigenvalue weighted by Crippen LogP contribution is 2.03. The van der Waals surface area contributed by atoms with Gasteiger partial charge in [0.2, 0.25) is 0 Å². The number of carbonyl (C=O) groups excluding carboxylic acids is 1. The molecule has 1 N–H and O–H groups in total. The first-order valence-electron chi connectivity index (χ1n) is 4.31. The summed E-state index contributed by atoms with van der Waals surface area (Å²) in [6, 6.07) is 3.99. The lowest BCUT2D eigenvalue weighted by atomic mass is 10.5. The summed E-state index contributed by atoms with van der Waals surface area (Å²) >= 11 is 0. The summed E-state index contributed by atoms with van der Waals surface area (Å²) in [5.74, 6) is -0.375. The van der Waals surface area contributed by atoms with Crippen LogP contribution in [0.1, 0.15) is 11.4 Å². The molecule has 0 bridgehead atoms. The first-order chi connectivity index (χ1) is 6.65. The highest BCUT2D eigenvalue weighted by molar-refractivity contribution is 5.81. The monoisotopic (exact) mass is 194 g/mol. The third-order valence-electron chi connectivity index (χ3n) is 1.90. The van der Waals surface area contributed by atoms with Crippen LogP contribution in [0.5, 0.6) is 0 Å². The molecule has 0 unspecified atom stereocenters. The van der Waals surface area contributed by atoms with E-state index in [1.807, 2.05) is 30.7 Å². The van der Waals surface area contributed by atoms with Gasteiger partial charge in [-0.15, -0.1) is 0 Å². The smallest absolute Gasteiger partial charge is 0.332 e. The largest absolute Gasteiger partial charge is 0.466 e. The summed E-state index contributed by atoms with van der Waals surface area (Å²) < 4.78 is 6.33. The van der Waals surface area contributed by atoms with Crippen LogP contribution in [0, 0.1) is 13.8 Å². The van der Waals surface area contributed by atoms with Gasteiger partial charge in [0, 0.05) is 23.7 Å². The van der Waals surface area contributed by atoms with Gasteiger partial charge in [-0.3, -0.25) is 4.68 Å². The zero-order valence-electron chi connectivity index (χ0n) is 8.57. The number of ether oxygens (including phenoxy) is 1. The lowest BCUT2D eigenvalue weighted by Crippen LogP contribution is -2.11. The molecule has 1 heterocycles. The van der Waals surface area contributed by atoms with Crippen molar-refractivity contribution in [1.29, 1.82) is 0 Å². The normalized spacial score (nSPS) is 10.5. The van der Waals surface area contributed by atoms with E-state index in [9.17, 15) is 4.79 Å². The number of carbonyl (C=O) groups is 1. The molecule has 76 valence electrons. The zero-order valence-corrected chi connectivity index (χ0v) is 8.57. The number of methoxy groups -OCH3 is 1. The second kappa shape index (κ2) is 4.50. The van der Waals surface area contributed by atoms with Crippen molar-refractivity contribution < 1.29 is 9.53 Å². The number of esters is 1. The first kappa shape index (κ1) is 10.4. The van der Waals surface area contributed by atoms with Crippen molar-refractivity contribution in [3.63, 3.8) is 0 Å². The molecule has 1 aromatic rings. The number of hydrogen-bond donors (Lipinski definition) is 1. The Bertz CT molecular complexity index is 334. The molecule has 0 saturated carbocycles. The number of aromatic nitrogens is 1. The van der Waals surface area contributed by atoms with Crippen LogP contribution in [0.15, 0.2) is 24.4 Å². The van der Waals surface area contributed by atoms with Crippen molar-refractivity contribution >= 4 is 5.97 Å². The van der Waals surface area contributed by atoms with E-state index in [1.165, 1.54) is 13.2 Å². The quantitative estimate of drug-likeness (QED) is 0.583. The summed E-state index contributed by atoms with van der Waals surface area (Å²) in [5, 5.41) is 0. The molecular formula is C10H14N2O2. The maximum atomic E-state index is 10.8. The SMILES string of the molecule is COC(=O)/C=C/Nn1c(C)ccc1C. The molecule has 0 amide bonds. The standard InChI is InChI=1S/C10H14N2O2/c1-8-4-5-9(2)12(8)11-7-6-10(13)14-3/h4-7,11H,1-3H3/b7-6+. The van der Waals surface area contributed by atoms with Crippen LogP contribution in [-0.4, -0.2) is 17.8 Å². The summed E-state index contributed by atoms with van der Waals surface area (Å²) in [6.07, 6.45) is 2.88. The van der Waals surface area contributed by atoms with Gasteiger partial charge in [0.1, 0.15) is 0 Å². The second-order valence-corrected chi connectivity index (χ2v) is 2.94. The van der Waals surface area contributed by atoms with Gasteiger partial charge in [-0.05, 0) is 26.0 Å². The number of nitrogens with one attached hydrogen (secondary N) is 1. The molecule has 0 aliphatic carbocycles. The molecule has 4 heteroatoms. The third kappa shape index (κ3) is 2.39. The van der Waals surface area contributed by atoms with E-state index in [2.05, 4.69) is 10.2 Å². The molecule has 0 spiro atoms. The number of hydrogen-bond acceptors (Lipinski definition) is 3. The van der Waals surface area contributed by atoms with Gasteiger partial charge in [-0.2, -0.15) is 0 Å². The van der Waals surface area contributed by atoms with Crippen molar-refractivity contribution in [1.82, 2.24) is 4.68 Å². The summed E-state index contributed by atoms with van der Waals surface area (Å²) in [6.45, 7) is 3.96. The van der Waals surface area contributed by atoms with E-state index in [0.717, 1.165) is 11.4 Å². The second-order valence-electron chi connectivity index (χ2n) is 2.94. The molecule has 0 saturated heterocycles. The lowest BCUT2D eigenvalue weighted by Gasteiger charge is -2.07. The Hall–Kier alpha value is -1.71. The first-order valence-corrected chi connectivity index (χ1v) is 4.31. The van der Waals surface area contributed by atoms with Crippen molar-refractivity contribution in [3.05, 3.63) is 35.8 Å². The van der Waals surface area contributed by atoms with Gasteiger partial charge in [0.05, 0.1) is 7.11 Å². The van der Waals surface area contributed by atoms with Crippen molar-refractivity contribution in [2.45, 2.75) is 13.8 Å². The van der Waals surface area contributed by atoms with Crippen molar-refractivity contribution in [3.8, 4) is 0 Å². The van der Waals surface area contributed by atoms with E-state index in [0.29, 0.717) is 0 Å². The van der Waals surface area contributed by atoms with Crippen LogP contribution in [0.2, 0.25) is 0 Å². The Labute approximate surface area is 83.1 Å². The fourth-order valence-corrected chi connectivity index (χ4v) is 1.12. The van der Waals surface area contributed by atoms with Gasteiger partial charge in [0.15, 0.2) is 0 Å². The Kier molecular flexibility index (Phi) is 3.34. The van der Waals surface area contributed by atoms with E-state index < -0.39 is 0 Å². The zero-order chi connectivity index (χ0) is 10.6. The van der Waals surface area contributed by atoms with Gasteiger partial charge in [-0.25, -0.2) is 4.79 Å². The fourth-order valence-electron chi connectivity index (χ4n) is 1.12. The molecular weight excluding hydrogens is 180 g/mol. The predicted molar refractivity (Wildman–Crippen MR) is 54.4 cm³/mol. The number of nitrogens with zero attached hydrogens (tertiary/aromatic N) is 1. The topological polar surface area (TPSA) is 43.3 Å². The Balaban J connectivity index is 2.62. The fraction of sp³-hybridized carbons (Fsp3) is 0.300. The number of aryl methyl sites for hydroxylation is 2. The van der Waals surface area contributed by atoms with E-state index in [-0.39, 0.29) is 5.97 Å². The molecule has 0 aliphatic rings. The van der Waals surface area contributed by atoms with Gasteiger partial charge >= 0.3 is 5.97 Å². The maximum absolute atomic E-state index is 10.8. The van der Waals surface area contributed by atoms with Crippen molar-refractivity contribution in [2.24, 2.45) is 0 Å². The molecule has 1 rings (SSSR count). The minimum atomic E-state index is -0.375. The minimum absolute atomic E-state index is 0.375. The third-order valence-corrected chi connectivity index (χ3v) is 1.90. The van der Waals surface area contributed by atoms with Crippen LogP contribution in [0.4, 0.5) is 0 Å². The van der Waals surface area contributed by atoms with E-state index in [4.69, 9.17) is 0 Å². The Morgan fingerprint density at radius 3 is 2.50 bits per heavy atom. The molecule has 0 radical (unpaired) electrons. The summed E-state index contributed by atoms with van der Waals surface area (Å²) in [4.78, 5) is 10.8. The minimum Gasteiger partial charge on any atom is -0.466 e. The Morgan fingerprint density at radius 1 is 1.43 bits per heavy atom. The highest BCUT2D eigenvalue weighted by atomic mass is 16.5. The van der Waals surface area contributed by atoms with Crippen LogP contribution < -0.4 is 5.43 Å². The molecule has 0 atom stereocenters. The molecule has 4 nitrogen and oxygen atoms in total. The lowest BCUT2D eigenvalue weighted by molar-refractivity contribution is -0.134. The predicted octanol–water partition coefficient (Wildman–Crippen LogP) is 1.34. The molecule has 14 heavy (non-hydrogen) atoms. The Morgan fingerprint density at radius 2 is 2.00 bits per heavy atom. The van der Waals surface area contributed by atoms with Crippen LogP contribution in [0.25, 0.3) is 0 Å². The van der Waals surface area contributed by atoms with Gasteiger partial charge < -0.3 is 10.2 Å². The molecule has 0 aliphatic heterocycles. The van der Waals surface area contributed by atoms with Crippen LogP contribution in [0.3, 0.4) is 0 Å². The summed E-state index contributed by atoms with van der Waals surface area (Å²) in [5.41, 5.74) is 5.12. The summed E-state index contributed by atoms with van der Waals surface area (Å²) in [7, 11) is 1.35. The highest BCUT2D eigenvalue weighted by Gasteiger charge is 1.97. The van der Waals surface area contributed by atoms with E-state index >= 15 is 0 Å². The van der Waals surface area contributed by atoms with Gasteiger partial charge in [-0.1, -0.05) is 0 Å². The average molecular weight is 194 g/mol.